The molecule has 0 aliphatic carbocycles. The van der Waals surface area contributed by atoms with Crippen molar-refractivity contribution in [1.29, 1.82) is 0 Å². The first-order chi connectivity index (χ1) is 12.3. The van der Waals surface area contributed by atoms with Crippen molar-refractivity contribution in [2.24, 2.45) is 0 Å². The summed E-state index contributed by atoms with van der Waals surface area (Å²) < 4.78 is 30.1. The standard InChI is InChI=1S/C17H22N4O4S/c1-21(2)26(23,24)15-7-4-13(5-8-15)17(22)20-14-6-9-16(19-12-14)18-10-11-25-3/h4-9,12H,10-11H2,1-3H3,(H,18,19)(H,20,22). The summed E-state index contributed by atoms with van der Waals surface area (Å²) in [6.07, 6.45) is 1.54. The molecule has 9 heteroatoms. The lowest BCUT2D eigenvalue weighted by Crippen LogP contribution is -2.22. The minimum atomic E-state index is -3.52. The molecule has 1 aromatic heterocycles. The number of carbonyl (C=O) groups excluding carboxylic acids is 1. The highest BCUT2D eigenvalue weighted by molar-refractivity contribution is 7.89. The number of carbonyl (C=O) groups is 1. The van der Waals surface area contributed by atoms with Crippen LogP contribution in [-0.4, -0.2) is 58.0 Å². The summed E-state index contributed by atoms with van der Waals surface area (Å²) in [5.41, 5.74) is 0.891. The van der Waals surface area contributed by atoms with E-state index in [0.29, 0.717) is 30.2 Å². The van der Waals surface area contributed by atoms with E-state index in [1.54, 1.807) is 19.2 Å². The molecule has 0 saturated heterocycles. The molecule has 140 valence electrons. The lowest BCUT2D eigenvalue weighted by molar-refractivity contribution is 0.102. The second-order valence-corrected chi connectivity index (χ2v) is 7.77. The first-order valence-corrected chi connectivity index (χ1v) is 9.31. The Morgan fingerprint density at radius 2 is 1.85 bits per heavy atom. The number of sulfonamides is 1. The highest BCUT2D eigenvalue weighted by Gasteiger charge is 2.17. The van der Waals surface area contributed by atoms with Crippen molar-refractivity contribution in [3.05, 3.63) is 48.2 Å². The Kier molecular flexibility index (Phi) is 6.67. The summed E-state index contributed by atoms with van der Waals surface area (Å²) in [6, 6.07) is 9.24. The number of ether oxygens (including phenoxy) is 1. The van der Waals surface area contributed by atoms with Crippen molar-refractivity contribution in [2.75, 3.05) is 45.0 Å². The van der Waals surface area contributed by atoms with E-state index in [4.69, 9.17) is 4.74 Å². The Hall–Kier alpha value is -2.49. The fraction of sp³-hybridized carbons (Fsp3) is 0.294. The molecule has 1 amide bonds. The molecule has 2 N–H and O–H groups in total. The smallest absolute Gasteiger partial charge is 0.255 e. The van der Waals surface area contributed by atoms with E-state index in [-0.39, 0.29) is 10.8 Å². The Labute approximate surface area is 153 Å². The topological polar surface area (TPSA) is 101 Å². The summed E-state index contributed by atoms with van der Waals surface area (Å²) in [5, 5.41) is 5.80. The molecule has 0 spiro atoms. The van der Waals surface area contributed by atoms with Gasteiger partial charge in [-0.15, -0.1) is 0 Å². The number of aromatic nitrogens is 1. The maximum atomic E-state index is 12.3. The molecular weight excluding hydrogens is 356 g/mol. The number of benzene rings is 1. The van der Waals surface area contributed by atoms with Gasteiger partial charge in [0.25, 0.3) is 5.91 Å². The molecule has 2 rings (SSSR count). The number of rotatable bonds is 8. The van der Waals surface area contributed by atoms with Gasteiger partial charge < -0.3 is 15.4 Å². The van der Waals surface area contributed by atoms with Crippen LogP contribution in [0.2, 0.25) is 0 Å². The first kappa shape index (κ1) is 19.8. The number of nitrogens with one attached hydrogen (secondary N) is 2. The zero-order chi connectivity index (χ0) is 19.2. The van der Waals surface area contributed by atoms with Gasteiger partial charge >= 0.3 is 0 Å². The van der Waals surface area contributed by atoms with E-state index in [9.17, 15) is 13.2 Å². The molecule has 0 bridgehead atoms. The van der Waals surface area contributed by atoms with Gasteiger partial charge in [-0.25, -0.2) is 17.7 Å². The summed E-state index contributed by atoms with van der Waals surface area (Å²) in [7, 11) is 1.01. The van der Waals surface area contributed by atoms with Crippen LogP contribution >= 0.6 is 0 Å². The van der Waals surface area contributed by atoms with Crippen molar-refractivity contribution in [3.8, 4) is 0 Å². The number of hydrogen-bond donors (Lipinski definition) is 2. The van der Waals surface area contributed by atoms with Crippen LogP contribution in [0.3, 0.4) is 0 Å². The molecule has 2 aromatic rings. The van der Waals surface area contributed by atoms with Gasteiger partial charge in [0.05, 0.1) is 23.4 Å². The minimum absolute atomic E-state index is 0.132. The average Bonchev–Trinajstić information content (AvgIpc) is 2.63. The summed E-state index contributed by atoms with van der Waals surface area (Å²) in [6.45, 7) is 1.21. The molecule has 0 atom stereocenters. The second-order valence-electron chi connectivity index (χ2n) is 5.62. The van der Waals surface area contributed by atoms with Gasteiger partial charge in [0.2, 0.25) is 10.0 Å². The Bertz CT molecular complexity index is 834. The third-order valence-corrected chi connectivity index (χ3v) is 5.36. The predicted molar refractivity (Wildman–Crippen MR) is 99.9 cm³/mol. The Morgan fingerprint density at radius 1 is 1.15 bits per heavy atom. The molecule has 1 heterocycles. The Balaban J connectivity index is 2.01. The van der Waals surface area contributed by atoms with Gasteiger partial charge in [0.1, 0.15) is 5.82 Å². The molecule has 0 saturated carbocycles. The highest BCUT2D eigenvalue weighted by Crippen LogP contribution is 2.16. The van der Waals surface area contributed by atoms with Gasteiger partial charge in [0, 0.05) is 33.3 Å². The number of hydrogen-bond acceptors (Lipinski definition) is 6. The third-order valence-electron chi connectivity index (χ3n) is 3.53. The molecule has 0 radical (unpaired) electrons. The minimum Gasteiger partial charge on any atom is -0.383 e. The molecule has 0 unspecified atom stereocenters. The van der Waals surface area contributed by atoms with Gasteiger partial charge in [-0.3, -0.25) is 4.79 Å². The van der Waals surface area contributed by atoms with Crippen molar-refractivity contribution < 1.29 is 17.9 Å². The largest absolute Gasteiger partial charge is 0.383 e. The first-order valence-electron chi connectivity index (χ1n) is 7.87. The summed E-state index contributed by atoms with van der Waals surface area (Å²) in [4.78, 5) is 16.6. The van der Waals surface area contributed by atoms with E-state index < -0.39 is 10.0 Å². The second kappa shape index (κ2) is 8.75. The van der Waals surface area contributed by atoms with Gasteiger partial charge in [-0.1, -0.05) is 0 Å². The van der Waals surface area contributed by atoms with Crippen molar-refractivity contribution in [3.63, 3.8) is 0 Å². The number of methoxy groups -OCH3 is 1. The summed E-state index contributed by atoms with van der Waals surface area (Å²) in [5.74, 6) is 0.332. The zero-order valence-electron chi connectivity index (χ0n) is 14.9. The van der Waals surface area contributed by atoms with Crippen LogP contribution in [0.4, 0.5) is 11.5 Å². The van der Waals surface area contributed by atoms with E-state index in [1.807, 2.05) is 0 Å². The van der Waals surface area contributed by atoms with Crippen molar-refractivity contribution >= 4 is 27.4 Å². The van der Waals surface area contributed by atoms with Crippen LogP contribution < -0.4 is 10.6 Å². The molecule has 0 fully saturated rings. The highest BCUT2D eigenvalue weighted by atomic mass is 32.2. The Morgan fingerprint density at radius 3 is 2.38 bits per heavy atom. The van der Waals surface area contributed by atoms with Crippen LogP contribution in [0, 0.1) is 0 Å². The fourth-order valence-corrected chi connectivity index (χ4v) is 2.95. The number of amides is 1. The van der Waals surface area contributed by atoms with Crippen LogP contribution in [-0.2, 0) is 14.8 Å². The monoisotopic (exact) mass is 378 g/mol. The SMILES string of the molecule is COCCNc1ccc(NC(=O)c2ccc(S(=O)(=O)N(C)C)cc2)cn1. The average molecular weight is 378 g/mol. The molecule has 0 aliphatic heterocycles. The molecule has 8 nitrogen and oxygen atoms in total. The lowest BCUT2D eigenvalue weighted by Gasteiger charge is -2.11. The maximum Gasteiger partial charge on any atom is 0.255 e. The summed E-state index contributed by atoms with van der Waals surface area (Å²) >= 11 is 0. The quantitative estimate of drug-likeness (QED) is 0.678. The zero-order valence-corrected chi connectivity index (χ0v) is 15.7. The van der Waals surface area contributed by atoms with E-state index in [0.717, 1.165) is 4.31 Å². The van der Waals surface area contributed by atoms with E-state index in [2.05, 4.69) is 15.6 Å². The van der Waals surface area contributed by atoms with E-state index >= 15 is 0 Å². The van der Waals surface area contributed by atoms with Crippen LogP contribution in [0.25, 0.3) is 0 Å². The van der Waals surface area contributed by atoms with Crippen LogP contribution in [0.1, 0.15) is 10.4 Å². The molecular formula is C17H22N4O4S. The van der Waals surface area contributed by atoms with Crippen LogP contribution in [0.5, 0.6) is 0 Å². The van der Waals surface area contributed by atoms with E-state index in [1.165, 1.54) is 44.6 Å². The third kappa shape index (κ3) is 5.01. The molecule has 26 heavy (non-hydrogen) atoms. The van der Waals surface area contributed by atoms with Crippen molar-refractivity contribution in [2.45, 2.75) is 4.90 Å². The maximum absolute atomic E-state index is 12.3. The number of anilines is 2. The predicted octanol–water partition coefficient (Wildman–Crippen LogP) is 1.64. The van der Waals surface area contributed by atoms with Crippen molar-refractivity contribution in [1.82, 2.24) is 9.29 Å². The van der Waals surface area contributed by atoms with Gasteiger partial charge in [0.15, 0.2) is 0 Å². The molecule has 1 aromatic carbocycles. The lowest BCUT2D eigenvalue weighted by atomic mass is 10.2. The fourth-order valence-electron chi connectivity index (χ4n) is 2.05. The van der Waals surface area contributed by atoms with Gasteiger partial charge in [-0.05, 0) is 36.4 Å². The van der Waals surface area contributed by atoms with Gasteiger partial charge in [-0.2, -0.15) is 0 Å². The van der Waals surface area contributed by atoms with Crippen LogP contribution in [0.15, 0.2) is 47.5 Å². The normalized spacial score (nSPS) is 11.4. The molecule has 0 aliphatic rings. The number of nitrogens with zero attached hydrogens (tertiary/aromatic N) is 2. The number of pyridine rings is 1.